The minimum atomic E-state index is -3.20. The first-order valence-electron chi connectivity index (χ1n) is 8.52. The lowest BCUT2D eigenvalue weighted by atomic mass is 10.1. The third-order valence-corrected chi connectivity index (χ3v) is 6.42. The number of carbonyl (C=O) groups is 2. The summed E-state index contributed by atoms with van der Waals surface area (Å²) in [6.45, 7) is 1.61. The molecular formula is C17H19F2N3O4S. The largest absolute Gasteiger partial charge is 0.344 e. The molecule has 1 fully saturated rings. The Bertz CT molecular complexity index is 917. The Morgan fingerprint density at radius 3 is 2.67 bits per heavy atom. The quantitative estimate of drug-likeness (QED) is 0.826. The molecule has 2 aliphatic heterocycles. The molecule has 0 aliphatic carbocycles. The molecule has 1 saturated heterocycles. The molecule has 2 heterocycles. The summed E-state index contributed by atoms with van der Waals surface area (Å²) < 4.78 is 49.7. The first-order valence-corrected chi connectivity index (χ1v) is 10.3. The van der Waals surface area contributed by atoms with Gasteiger partial charge in [-0.05, 0) is 31.0 Å². The fraction of sp³-hybridized carbons (Fsp3) is 0.471. The molecule has 10 heteroatoms. The number of sulfone groups is 1. The van der Waals surface area contributed by atoms with E-state index in [0.717, 1.165) is 17.1 Å². The van der Waals surface area contributed by atoms with Crippen LogP contribution in [0.15, 0.2) is 23.3 Å². The molecule has 2 amide bonds. The summed E-state index contributed by atoms with van der Waals surface area (Å²) in [6, 6.07) is 2.18. The van der Waals surface area contributed by atoms with E-state index >= 15 is 0 Å². The fourth-order valence-electron chi connectivity index (χ4n) is 3.13. The zero-order valence-corrected chi connectivity index (χ0v) is 15.4. The van der Waals surface area contributed by atoms with Crippen molar-refractivity contribution in [3.05, 3.63) is 35.4 Å². The maximum absolute atomic E-state index is 13.4. The van der Waals surface area contributed by atoms with E-state index < -0.39 is 39.5 Å². The number of benzene rings is 1. The number of nitrogens with one attached hydrogen (secondary N) is 1. The van der Waals surface area contributed by atoms with Gasteiger partial charge in [0.25, 0.3) is 5.91 Å². The van der Waals surface area contributed by atoms with Gasteiger partial charge >= 0.3 is 0 Å². The van der Waals surface area contributed by atoms with E-state index in [9.17, 15) is 26.8 Å². The van der Waals surface area contributed by atoms with Crippen LogP contribution in [0.1, 0.15) is 37.8 Å². The highest BCUT2D eigenvalue weighted by Gasteiger charge is 2.37. The molecule has 1 N–H and O–H groups in total. The van der Waals surface area contributed by atoms with Crippen molar-refractivity contribution in [1.29, 1.82) is 0 Å². The third-order valence-electron chi connectivity index (χ3n) is 4.67. The van der Waals surface area contributed by atoms with E-state index in [-0.39, 0.29) is 42.4 Å². The smallest absolute Gasteiger partial charge is 0.267 e. The predicted molar refractivity (Wildman–Crippen MR) is 93.5 cm³/mol. The summed E-state index contributed by atoms with van der Waals surface area (Å²) in [7, 11) is -3.20. The zero-order chi connectivity index (χ0) is 19.8. The van der Waals surface area contributed by atoms with Crippen LogP contribution >= 0.6 is 0 Å². The van der Waals surface area contributed by atoms with Crippen molar-refractivity contribution in [2.24, 2.45) is 5.10 Å². The van der Waals surface area contributed by atoms with Gasteiger partial charge in [-0.3, -0.25) is 9.59 Å². The van der Waals surface area contributed by atoms with Crippen LogP contribution in [0, 0.1) is 11.6 Å². The van der Waals surface area contributed by atoms with Crippen LogP contribution in [-0.2, 0) is 19.4 Å². The minimum Gasteiger partial charge on any atom is -0.344 e. The molecule has 0 saturated carbocycles. The summed E-state index contributed by atoms with van der Waals surface area (Å²) in [6.07, 6.45) is 0.477. The Morgan fingerprint density at radius 2 is 2.04 bits per heavy atom. The van der Waals surface area contributed by atoms with E-state index in [1.165, 1.54) is 6.07 Å². The molecule has 2 aliphatic rings. The Kier molecular flexibility index (Phi) is 5.27. The van der Waals surface area contributed by atoms with Crippen molar-refractivity contribution in [1.82, 2.24) is 10.3 Å². The SMILES string of the molecule is CC(NC(=O)C1=NN(C2CCS(=O)(=O)C2)C(=O)CC1)c1ccc(F)c(F)c1. The molecule has 0 radical (unpaired) electrons. The maximum atomic E-state index is 13.4. The lowest BCUT2D eigenvalue weighted by Crippen LogP contribution is -2.44. The van der Waals surface area contributed by atoms with Crippen molar-refractivity contribution in [2.45, 2.75) is 38.3 Å². The van der Waals surface area contributed by atoms with Gasteiger partial charge in [0.2, 0.25) is 5.91 Å². The number of halogens is 2. The number of rotatable bonds is 4. The Hall–Kier alpha value is -2.36. The van der Waals surface area contributed by atoms with E-state index in [2.05, 4.69) is 10.4 Å². The molecule has 27 heavy (non-hydrogen) atoms. The highest BCUT2D eigenvalue weighted by atomic mass is 32.2. The van der Waals surface area contributed by atoms with Crippen molar-refractivity contribution in [3.8, 4) is 0 Å². The Labute approximate surface area is 155 Å². The summed E-state index contributed by atoms with van der Waals surface area (Å²) in [5, 5.41) is 7.82. The van der Waals surface area contributed by atoms with Gasteiger partial charge in [0, 0.05) is 12.8 Å². The number of nitrogens with zero attached hydrogens (tertiary/aromatic N) is 2. The summed E-state index contributed by atoms with van der Waals surface area (Å²) >= 11 is 0. The van der Waals surface area contributed by atoms with E-state index in [0.29, 0.717) is 5.56 Å². The molecule has 2 unspecified atom stereocenters. The first kappa shape index (κ1) is 19.4. The minimum absolute atomic E-state index is 0.00827. The van der Waals surface area contributed by atoms with Gasteiger partial charge in [-0.25, -0.2) is 22.2 Å². The Balaban J connectivity index is 1.72. The summed E-state index contributed by atoms with van der Waals surface area (Å²) in [5.41, 5.74) is 0.488. The number of hydrogen-bond donors (Lipinski definition) is 1. The second-order valence-corrected chi connectivity index (χ2v) is 8.94. The van der Waals surface area contributed by atoms with Crippen LogP contribution in [0.4, 0.5) is 8.78 Å². The van der Waals surface area contributed by atoms with Gasteiger partial charge < -0.3 is 5.32 Å². The van der Waals surface area contributed by atoms with Crippen LogP contribution in [0.25, 0.3) is 0 Å². The van der Waals surface area contributed by atoms with Crippen molar-refractivity contribution < 1.29 is 26.8 Å². The molecule has 0 spiro atoms. The van der Waals surface area contributed by atoms with Gasteiger partial charge in [-0.15, -0.1) is 0 Å². The monoisotopic (exact) mass is 399 g/mol. The van der Waals surface area contributed by atoms with Crippen molar-refractivity contribution in [2.75, 3.05) is 11.5 Å². The number of hydrogen-bond acceptors (Lipinski definition) is 5. The van der Waals surface area contributed by atoms with Crippen molar-refractivity contribution >= 4 is 27.4 Å². The van der Waals surface area contributed by atoms with E-state index in [4.69, 9.17) is 0 Å². The molecule has 2 atom stereocenters. The summed E-state index contributed by atoms with van der Waals surface area (Å²) in [4.78, 5) is 24.6. The normalized spacial score (nSPS) is 23.1. The van der Waals surface area contributed by atoms with Crippen LogP contribution in [0.5, 0.6) is 0 Å². The second-order valence-electron chi connectivity index (χ2n) is 6.71. The van der Waals surface area contributed by atoms with Gasteiger partial charge in [0.15, 0.2) is 21.5 Å². The molecule has 146 valence electrons. The topological polar surface area (TPSA) is 95.9 Å². The maximum Gasteiger partial charge on any atom is 0.267 e. The molecule has 3 rings (SSSR count). The van der Waals surface area contributed by atoms with Crippen molar-refractivity contribution in [3.63, 3.8) is 0 Å². The third kappa shape index (κ3) is 4.32. The lowest BCUT2D eigenvalue weighted by molar-refractivity contribution is -0.133. The number of hydrazone groups is 1. The predicted octanol–water partition coefficient (Wildman–Crippen LogP) is 1.31. The average molecular weight is 399 g/mol. The van der Waals surface area contributed by atoms with Gasteiger partial charge in [0.1, 0.15) is 5.71 Å². The first-order chi connectivity index (χ1) is 12.7. The van der Waals surface area contributed by atoms with Gasteiger partial charge in [-0.2, -0.15) is 5.10 Å². The average Bonchev–Trinajstić information content (AvgIpc) is 2.97. The Morgan fingerprint density at radius 1 is 1.30 bits per heavy atom. The number of carbonyl (C=O) groups excluding carboxylic acids is 2. The number of amides is 2. The molecule has 0 bridgehead atoms. The zero-order valence-electron chi connectivity index (χ0n) is 14.6. The molecule has 1 aromatic carbocycles. The van der Waals surface area contributed by atoms with Gasteiger partial charge in [-0.1, -0.05) is 6.07 Å². The van der Waals surface area contributed by atoms with Crippen LogP contribution in [-0.4, -0.2) is 48.5 Å². The van der Waals surface area contributed by atoms with Crippen LogP contribution < -0.4 is 5.32 Å². The molecule has 1 aromatic rings. The highest BCUT2D eigenvalue weighted by Crippen LogP contribution is 2.22. The van der Waals surface area contributed by atoms with E-state index in [1.54, 1.807) is 6.92 Å². The van der Waals surface area contributed by atoms with E-state index in [1.807, 2.05) is 0 Å². The molecular weight excluding hydrogens is 380 g/mol. The van der Waals surface area contributed by atoms with Crippen LogP contribution in [0.3, 0.4) is 0 Å². The fourth-order valence-corrected chi connectivity index (χ4v) is 4.83. The highest BCUT2D eigenvalue weighted by molar-refractivity contribution is 7.91. The molecule has 0 aromatic heterocycles. The molecule has 7 nitrogen and oxygen atoms in total. The standard InChI is InChI=1S/C17H19F2N3O4S/c1-10(11-2-3-13(18)14(19)8-11)20-17(24)15-4-5-16(23)22(21-15)12-6-7-27(25,26)9-12/h2-3,8,10,12H,4-7,9H2,1H3,(H,20,24). The van der Waals surface area contributed by atoms with Crippen LogP contribution in [0.2, 0.25) is 0 Å². The summed E-state index contributed by atoms with van der Waals surface area (Å²) in [5.74, 6) is -3.01. The van der Waals surface area contributed by atoms with Gasteiger partial charge in [0.05, 0.1) is 23.6 Å². The second kappa shape index (κ2) is 7.34. The lowest BCUT2D eigenvalue weighted by Gasteiger charge is -2.28.